The molecule has 2 aliphatic heterocycles. The smallest absolute Gasteiger partial charge is 0.223 e. The van der Waals surface area contributed by atoms with E-state index in [1.54, 1.807) is 11.3 Å². The SMILES string of the molecule is O=C(NCc1nc2c(s1)CCCC2)C1CCN(C2CCOCC2)CC1. The normalized spacial score (nSPS) is 23.4. The highest BCUT2D eigenvalue weighted by molar-refractivity contribution is 7.11. The highest BCUT2D eigenvalue weighted by Crippen LogP contribution is 2.27. The lowest BCUT2D eigenvalue weighted by atomic mass is 9.93. The topological polar surface area (TPSA) is 54.5 Å². The molecule has 0 aromatic carbocycles. The lowest BCUT2D eigenvalue weighted by molar-refractivity contribution is -0.127. The number of aromatic nitrogens is 1. The van der Waals surface area contributed by atoms with Crippen LogP contribution in [0.2, 0.25) is 0 Å². The Balaban J connectivity index is 1.23. The van der Waals surface area contributed by atoms with Crippen LogP contribution in [0.1, 0.15) is 54.1 Å². The van der Waals surface area contributed by atoms with E-state index in [9.17, 15) is 4.79 Å². The molecule has 1 amide bonds. The van der Waals surface area contributed by atoms with Gasteiger partial charge in [0.25, 0.3) is 0 Å². The third-order valence-electron chi connectivity index (χ3n) is 5.91. The average Bonchev–Trinajstić information content (AvgIpc) is 3.10. The zero-order chi connectivity index (χ0) is 17.1. The molecular formula is C19H29N3O2S. The molecule has 5 nitrogen and oxygen atoms in total. The molecular weight excluding hydrogens is 334 g/mol. The number of carbonyl (C=O) groups excluding carboxylic acids is 1. The van der Waals surface area contributed by atoms with Gasteiger partial charge in [-0.05, 0) is 64.5 Å². The second-order valence-corrected chi connectivity index (χ2v) is 8.72. The fraction of sp³-hybridized carbons (Fsp3) is 0.789. The van der Waals surface area contributed by atoms with Gasteiger partial charge in [-0.3, -0.25) is 4.79 Å². The number of carbonyl (C=O) groups is 1. The van der Waals surface area contributed by atoms with Gasteiger partial charge >= 0.3 is 0 Å². The van der Waals surface area contributed by atoms with Crippen LogP contribution in [0.3, 0.4) is 0 Å². The maximum atomic E-state index is 12.5. The Morgan fingerprint density at radius 2 is 1.92 bits per heavy atom. The fourth-order valence-electron chi connectivity index (χ4n) is 4.37. The monoisotopic (exact) mass is 363 g/mol. The van der Waals surface area contributed by atoms with Crippen molar-refractivity contribution in [2.24, 2.45) is 5.92 Å². The van der Waals surface area contributed by atoms with Crippen LogP contribution < -0.4 is 5.32 Å². The molecule has 4 rings (SSSR count). The van der Waals surface area contributed by atoms with E-state index in [-0.39, 0.29) is 11.8 Å². The number of hydrogen-bond donors (Lipinski definition) is 1. The Morgan fingerprint density at radius 3 is 2.68 bits per heavy atom. The van der Waals surface area contributed by atoms with Crippen LogP contribution in [-0.2, 0) is 28.9 Å². The molecule has 25 heavy (non-hydrogen) atoms. The summed E-state index contributed by atoms with van der Waals surface area (Å²) in [5.41, 5.74) is 1.28. The van der Waals surface area contributed by atoms with Crippen molar-refractivity contribution in [2.75, 3.05) is 26.3 Å². The van der Waals surface area contributed by atoms with Gasteiger partial charge in [0.1, 0.15) is 5.01 Å². The molecule has 1 aliphatic carbocycles. The summed E-state index contributed by atoms with van der Waals surface area (Å²) in [5.74, 6) is 0.394. The quantitative estimate of drug-likeness (QED) is 0.893. The predicted molar refractivity (Wildman–Crippen MR) is 98.7 cm³/mol. The van der Waals surface area contributed by atoms with Crippen molar-refractivity contribution in [3.63, 3.8) is 0 Å². The Kier molecular flexibility index (Phi) is 5.68. The number of nitrogens with zero attached hydrogens (tertiary/aromatic N) is 2. The van der Waals surface area contributed by atoms with Crippen LogP contribution in [0.4, 0.5) is 0 Å². The predicted octanol–water partition coefficient (Wildman–Crippen LogP) is 2.53. The number of aryl methyl sites for hydroxylation is 2. The van der Waals surface area contributed by atoms with Gasteiger partial charge in [-0.1, -0.05) is 0 Å². The van der Waals surface area contributed by atoms with E-state index in [4.69, 9.17) is 9.72 Å². The highest BCUT2D eigenvalue weighted by Gasteiger charge is 2.29. The Bertz CT molecular complexity index is 566. The van der Waals surface area contributed by atoms with Gasteiger partial charge in [-0.25, -0.2) is 4.98 Å². The van der Waals surface area contributed by atoms with Gasteiger partial charge in [0.15, 0.2) is 0 Å². The summed E-state index contributed by atoms with van der Waals surface area (Å²) in [6.45, 7) is 4.49. The number of hydrogen-bond acceptors (Lipinski definition) is 5. The summed E-state index contributed by atoms with van der Waals surface area (Å²) in [7, 11) is 0. The van der Waals surface area contributed by atoms with E-state index >= 15 is 0 Å². The van der Waals surface area contributed by atoms with Crippen LogP contribution in [-0.4, -0.2) is 48.1 Å². The van der Waals surface area contributed by atoms with Crippen LogP contribution >= 0.6 is 11.3 Å². The molecule has 6 heteroatoms. The van der Waals surface area contributed by atoms with Crippen molar-refractivity contribution in [3.8, 4) is 0 Å². The van der Waals surface area contributed by atoms with Gasteiger partial charge in [0.05, 0.1) is 12.2 Å². The first-order valence-corrected chi connectivity index (χ1v) is 10.7. The van der Waals surface area contributed by atoms with Gasteiger partial charge in [0, 0.05) is 30.1 Å². The number of piperidine rings is 1. The van der Waals surface area contributed by atoms with Crippen molar-refractivity contribution >= 4 is 17.2 Å². The molecule has 0 spiro atoms. The molecule has 0 atom stereocenters. The van der Waals surface area contributed by atoms with Gasteiger partial charge in [-0.15, -0.1) is 11.3 Å². The Labute approximate surface area is 154 Å². The van der Waals surface area contributed by atoms with Crippen molar-refractivity contribution in [2.45, 2.75) is 64.0 Å². The number of thiazole rings is 1. The van der Waals surface area contributed by atoms with Crippen molar-refractivity contribution < 1.29 is 9.53 Å². The second-order valence-electron chi connectivity index (χ2n) is 7.56. The van der Waals surface area contributed by atoms with Gasteiger partial charge in [0.2, 0.25) is 5.91 Å². The molecule has 3 aliphatic rings. The number of likely N-dealkylation sites (tertiary alicyclic amines) is 1. The van der Waals surface area contributed by atoms with Crippen LogP contribution in [0.15, 0.2) is 0 Å². The van der Waals surface area contributed by atoms with Crippen molar-refractivity contribution in [1.29, 1.82) is 0 Å². The van der Waals surface area contributed by atoms with Crippen molar-refractivity contribution in [1.82, 2.24) is 15.2 Å². The lowest BCUT2D eigenvalue weighted by Crippen LogP contribution is -2.46. The van der Waals surface area contributed by atoms with E-state index in [0.29, 0.717) is 12.6 Å². The molecule has 3 heterocycles. The molecule has 0 unspecified atom stereocenters. The van der Waals surface area contributed by atoms with E-state index < -0.39 is 0 Å². The van der Waals surface area contributed by atoms with Crippen LogP contribution in [0, 0.1) is 5.92 Å². The zero-order valence-electron chi connectivity index (χ0n) is 15.0. The molecule has 1 aromatic heterocycles. The summed E-state index contributed by atoms with van der Waals surface area (Å²) in [6, 6.07) is 0.666. The zero-order valence-corrected chi connectivity index (χ0v) is 15.8. The summed E-state index contributed by atoms with van der Waals surface area (Å²) in [4.78, 5) is 21.3. The lowest BCUT2D eigenvalue weighted by Gasteiger charge is -2.38. The maximum absolute atomic E-state index is 12.5. The van der Waals surface area contributed by atoms with E-state index in [2.05, 4.69) is 10.2 Å². The largest absolute Gasteiger partial charge is 0.381 e. The molecule has 0 bridgehead atoms. The molecule has 138 valence electrons. The first-order chi connectivity index (χ1) is 12.3. The third-order valence-corrected chi connectivity index (χ3v) is 7.07. The fourth-order valence-corrected chi connectivity index (χ4v) is 5.46. The maximum Gasteiger partial charge on any atom is 0.223 e. The number of fused-ring (bicyclic) bond motifs is 1. The van der Waals surface area contributed by atoms with E-state index in [1.165, 1.54) is 29.8 Å². The number of rotatable bonds is 4. The summed E-state index contributed by atoms with van der Waals surface area (Å²) in [6.07, 6.45) is 9.09. The van der Waals surface area contributed by atoms with E-state index in [1.807, 2.05) is 0 Å². The molecule has 2 saturated heterocycles. The summed E-state index contributed by atoms with van der Waals surface area (Å²) >= 11 is 1.80. The number of amides is 1. The number of ether oxygens (including phenoxy) is 1. The Hall–Kier alpha value is -0.980. The molecule has 2 fully saturated rings. The van der Waals surface area contributed by atoms with Crippen LogP contribution in [0.5, 0.6) is 0 Å². The average molecular weight is 364 g/mol. The second kappa shape index (κ2) is 8.14. The van der Waals surface area contributed by atoms with E-state index in [0.717, 1.165) is 63.4 Å². The molecule has 0 saturated carbocycles. The summed E-state index contributed by atoms with van der Waals surface area (Å²) < 4.78 is 5.46. The van der Waals surface area contributed by atoms with Gasteiger partial charge in [-0.2, -0.15) is 0 Å². The summed E-state index contributed by atoms with van der Waals surface area (Å²) in [5, 5.41) is 4.23. The molecule has 1 N–H and O–H groups in total. The minimum atomic E-state index is 0.172. The standard InChI is InChI=1S/C19H29N3O2S/c23-19(20-13-18-21-16-3-1-2-4-17(16)25-18)14-5-9-22(10-6-14)15-7-11-24-12-8-15/h14-15H,1-13H2,(H,20,23). The Morgan fingerprint density at radius 1 is 1.16 bits per heavy atom. The first-order valence-electron chi connectivity index (χ1n) is 9.86. The van der Waals surface area contributed by atoms with Gasteiger partial charge < -0.3 is 15.0 Å². The first kappa shape index (κ1) is 17.4. The minimum absolute atomic E-state index is 0.172. The van der Waals surface area contributed by atoms with Crippen molar-refractivity contribution in [3.05, 3.63) is 15.6 Å². The molecule has 0 radical (unpaired) electrons. The minimum Gasteiger partial charge on any atom is -0.381 e. The highest BCUT2D eigenvalue weighted by atomic mass is 32.1. The molecule has 1 aromatic rings. The third kappa shape index (κ3) is 4.23. The number of nitrogens with one attached hydrogen (secondary N) is 1. The van der Waals surface area contributed by atoms with Crippen LogP contribution in [0.25, 0.3) is 0 Å².